The van der Waals surface area contributed by atoms with Gasteiger partial charge in [0.1, 0.15) is 0 Å². The van der Waals surface area contributed by atoms with Crippen LogP contribution in [0.1, 0.15) is 59.3 Å². The van der Waals surface area contributed by atoms with Crippen LogP contribution in [0.5, 0.6) is 0 Å². The van der Waals surface area contributed by atoms with E-state index in [-0.39, 0.29) is 28.8 Å². The number of esters is 1. The zero-order valence-corrected chi connectivity index (χ0v) is 16.2. The summed E-state index contributed by atoms with van der Waals surface area (Å²) in [6, 6.07) is 0.0258. The summed E-state index contributed by atoms with van der Waals surface area (Å²) in [6.07, 6.45) is 5.85. The van der Waals surface area contributed by atoms with Crippen LogP contribution in [-0.4, -0.2) is 25.0 Å². The Morgan fingerprint density at radius 2 is 1.88 bits per heavy atom. The van der Waals surface area contributed by atoms with Gasteiger partial charge in [-0.25, -0.2) is 4.39 Å². The Bertz CT molecular complexity index is 689. The fourth-order valence-corrected chi connectivity index (χ4v) is 7.27. The van der Waals surface area contributed by atoms with Gasteiger partial charge in [0.2, 0.25) is 0 Å². The molecule has 7 atom stereocenters. The molecule has 0 saturated heterocycles. The van der Waals surface area contributed by atoms with Crippen molar-refractivity contribution in [2.75, 3.05) is 7.11 Å². The third-order valence-corrected chi connectivity index (χ3v) is 8.85. The quantitative estimate of drug-likeness (QED) is 0.722. The monoisotopic (exact) mass is 363 g/mol. The van der Waals surface area contributed by atoms with Gasteiger partial charge in [0, 0.05) is 11.5 Å². The molecule has 1 heterocycles. The molecule has 4 rings (SSSR count). The molecular formula is C21H30FNO3. The second-order valence-corrected chi connectivity index (χ2v) is 9.40. The zero-order valence-electron chi connectivity index (χ0n) is 16.2. The second kappa shape index (κ2) is 5.80. The molecule has 3 fully saturated rings. The molecule has 5 heteroatoms. The molecule has 1 aliphatic heterocycles. The lowest BCUT2D eigenvalue weighted by Crippen LogP contribution is -2.61. The Labute approximate surface area is 154 Å². The molecule has 26 heavy (non-hydrogen) atoms. The molecule has 0 spiro atoms. The number of methoxy groups -OCH3 is 1. The van der Waals surface area contributed by atoms with Crippen molar-refractivity contribution < 1.29 is 18.7 Å². The summed E-state index contributed by atoms with van der Waals surface area (Å²) >= 11 is 0. The number of amides is 1. The van der Waals surface area contributed by atoms with Crippen LogP contribution in [0.25, 0.3) is 0 Å². The second-order valence-electron chi connectivity index (χ2n) is 9.40. The molecule has 4 aliphatic rings. The SMILES string of the molecule is COC(=O)[C@H]1CC[C@H]2[C@@H]3CC[C@H]4NC(=O)C(F)=C(C)[C@]4(C)[C@H]3CC[C@]12C. The van der Waals surface area contributed by atoms with Gasteiger partial charge in [0.25, 0.3) is 5.91 Å². The fourth-order valence-electron chi connectivity index (χ4n) is 7.27. The molecule has 1 amide bonds. The number of rotatable bonds is 1. The molecule has 0 bridgehead atoms. The molecule has 0 radical (unpaired) electrons. The number of halogens is 1. The number of hydrogen-bond acceptors (Lipinski definition) is 3. The maximum absolute atomic E-state index is 14.5. The summed E-state index contributed by atoms with van der Waals surface area (Å²) in [5.74, 6) is 0.122. The summed E-state index contributed by atoms with van der Waals surface area (Å²) in [5, 5.41) is 2.93. The van der Waals surface area contributed by atoms with Crippen molar-refractivity contribution in [2.24, 2.45) is 34.5 Å². The van der Waals surface area contributed by atoms with Crippen LogP contribution in [0.4, 0.5) is 4.39 Å². The van der Waals surface area contributed by atoms with E-state index in [1.54, 1.807) is 0 Å². The van der Waals surface area contributed by atoms with Crippen LogP contribution in [-0.2, 0) is 14.3 Å². The standard InChI is InChI=1S/C21H30FNO3/c1-11-17(22)18(24)23-16-8-5-12-13-6-7-15(19(25)26-4)20(13,2)10-9-14(12)21(11,16)3/h12-16H,5-10H2,1-4H3,(H,23,24)/t12-,13-,14-,15+,16+,20-,21+/m0/s1. The average Bonchev–Trinajstić information content (AvgIpc) is 2.98. The highest BCUT2D eigenvalue weighted by Gasteiger charge is 2.62. The molecule has 0 aromatic heterocycles. The van der Waals surface area contributed by atoms with Crippen molar-refractivity contribution >= 4 is 11.9 Å². The van der Waals surface area contributed by atoms with E-state index in [4.69, 9.17) is 4.74 Å². The minimum atomic E-state index is -0.586. The minimum Gasteiger partial charge on any atom is -0.469 e. The fraction of sp³-hybridized carbons (Fsp3) is 0.810. The van der Waals surface area contributed by atoms with Gasteiger partial charge in [-0.1, -0.05) is 13.8 Å². The highest BCUT2D eigenvalue weighted by atomic mass is 19.1. The van der Waals surface area contributed by atoms with E-state index in [1.807, 2.05) is 6.92 Å². The number of carbonyl (C=O) groups is 2. The lowest BCUT2D eigenvalue weighted by molar-refractivity contribution is -0.153. The van der Waals surface area contributed by atoms with Crippen LogP contribution in [0.3, 0.4) is 0 Å². The van der Waals surface area contributed by atoms with Gasteiger partial charge in [-0.3, -0.25) is 9.59 Å². The van der Waals surface area contributed by atoms with Crippen LogP contribution >= 0.6 is 0 Å². The van der Waals surface area contributed by atoms with E-state index in [0.717, 1.165) is 38.5 Å². The largest absolute Gasteiger partial charge is 0.469 e. The Balaban J connectivity index is 1.70. The maximum Gasteiger partial charge on any atom is 0.309 e. The van der Waals surface area contributed by atoms with Crippen LogP contribution < -0.4 is 5.32 Å². The van der Waals surface area contributed by atoms with E-state index in [9.17, 15) is 14.0 Å². The van der Waals surface area contributed by atoms with Gasteiger partial charge in [0.15, 0.2) is 5.83 Å². The van der Waals surface area contributed by atoms with Crippen LogP contribution in [0.2, 0.25) is 0 Å². The van der Waals surface area contributed by atoms with Gasteiger partial charge in [-0.05, 0) is 74.2 Å². The lowest BCUT2D eigenvalue weighted by atomic mass is 9.46. The molecule has 144 valence electrons. The Hall–Kier alpha value is -1.39. The van der Waals surface area contributed by atoms with Crippen molar-refractivity contribution in [3.05, 3.63) is 11.4 Å². The van der Waals surface area contributed by atoms with E-state index in [1.165, 1.54) is 7.11 Å². The zero-order chi connectivity index (χ0) is 18.9. The van der Waals surface area contributed by atoms with Crippen LogP contribution in [0, 0.1) is 34.5 Å². The number of ether oxygens (including phenoxy) is 1. The van der Waals surface area contributed by atoms with Gasteiger partial charge in [-0.15, -0.1) is 0 Å². The summed E-state index contributed by atoms with van der Waals surface area (Å²) in [5.41, 5.74) is 0.309. The minimum absolute atomic E-state index is 0.00840. The van der Waals surface area contributed by atoms with Crippen molar-refractivity contribution in [3.63, 3.8) is 0 Å². The van der Waals surface area contributed by atoms with Gasteiger partial charge >= 0.3 is 5.97 Å². The average molecular weight is 363 g/mol. The van der Waals surface area contributed by atoms with Crippen molar-refractivity contribution in [3.8, 4) is 0 Å². The Morgan fingerprint density at radius 3 is 2.58 bits per heavy atom. The van der Waals surface area contributed by atoms with Crippen molar-refractivity contribution in [1.82, 2.24) is 5.32 Å². The molecular weight excluding hydrogens is 333 g/mol. The van der Waals surface area contributed by atoms with Gasteiger partial charge in [-0.2, -0.15) is 0 Å². The summed E-state index contributed by atoms with van der Waals surface area (Å²) in [7, 11) is 1.48. The highest BCUT2D eigenvalue weighted by molar-refractivity contribution is 5.93. The molecule has 0 unspecified atom stereocenters. The number of fused-ring (bicyclic) bond motifs is 5. The molecule has 0 aromatic rings. The van der Waals surface area contributed by atoms with Crippen LogP contribution in [0.15, 0.2) is 11.4 Å². The molecule has 3 saturated carbocycles. The van der Waals surface area contributed by atoms with E-state index >= 15 is 0 Å². The van der Waals surface area contributed by atoms with E-state index in [0.29, 0.717) is 23.3 Å². The summed E-state index contributed by atoms with van der Waals surface area (Å²) in [6.45, 7) is 6.23. The molecule has 0 aromatic carbocycles. The number of nitrogens with one attached hydrogen (secondary N) is 1. The third-order valence-electron chi connectivity index (χ3n) is 8.85. The van der Waals surface area contributed by atoms with E-state index < -0.39 is 11.7 Å². The van der Waals surface area contributed by atoms with E-state index in [2.05, 4.69) is 19.2 Å². The lowest BCUT2D eigenvalue weighted by Gasteiger charge is -2.60. The Kier molecular flexibility index (Phi) is 4.02. The smallest absolute Gasteiger partial charge is 0.309 e. The predicted molar refractivity (Wildman–Crippen MR) is 95.6 cm³/mol. The molecule has 3 aliphatic carbocycles. The summed E-state index contributed by atoms with van der Waals surface area (Å²) < 4.78 is 19.6. The van der Waals surface area contributed by atoms with Gasteiger partial charge in [0.05, 0.1) is 13.0 Å². The number of hydrogen-bond donors (Lipinski definition) is 1. The molecule has 4 nitrogen and oxygen atoms in total. The first-order valence-corrected chi connectivity index (χ1v) is 10.0. The summed E-state index contributed by atoms with van der Waals surface area (Å²) in [4.78, 5) is 24.3. The highest BCUT2D eigenvalue weighted by Crippen LogP contribution is 2.66. The van der Waals surface area contributed by atoms with Crippen molar-refractivity contribution in [2.45, 2.75) is 65.3 Å². The Morgan fingerprint density at radius 1 is 1.15 bits per heavy atom. The van der Waals surface area contributed by atoms with Crippen molar-refractivity contribution in [1.29, 1.82) is 0 Å². The first-order valence-electron chi connectivity index (χ1n) is 10.0. The maximum atomic E-state index is 14.5. The first-order chi connectivity index (χ1) is 12.2. The normalized spacial score (nSPS) is 47.6. The van der Waals surface area contributed by atoms with Gasteiger partial charge < -0.3 is 10.1 Å². The molecule has 1 N–H and O–H groups in total. The third kappa shape index (κ3) is 2.12. The topological polar surface area (TPSA) is 55.4 Å². The first kappa shape index (κ1) is 18.0. The predicted octanol–water partition coefficient (Wildman–Crippen LogP) is 3.76. The number of carbonyl (C=O) groups excluding carboxylic acids is 2.